The molecule has 1 aromatic heterocycles. The molecule has 0 saturated heterocycles. The maximum absolute atomic E-state index is 13.8. The van der Waals surface area contributed by atoms with Gasteiger partial charge in [-0.2, -0.15) is 0 Å². The summed E-state index contributed by atoms with van der Waals surface area (Å²) in [5.41, 5.74) is 4.10. The molecule has 3 N–H and O–H groups in total. The van der Waals surface area contributed by atoms with Gasteiger partial charge in [-0.25, -0.2) is 4.39 Å². The normalized spacial score (nSPS) is 12.7. The third kappa shape index (κ3) is 2.56. The fourth-order valence-corrected chi connectivity index (χ4v) is 2.14. The Morgan fingerprint density at radius 3 is 2.83 bits per heavy atom. The highest BCUT2D eigenvalue weighted by Gasteiger charge is 2.17. The summed E-state index contributed by atoms with van der Waals surface area (Å²) in [4.78, 5) is 0. The lowest BCUT2D eigenvalue weighted by Gasteiger charge is -2.16. The maximum Gasteiger partial charge on any atom is 0.145 e. The standard InChI is InChI=1S/C13H14ClFN2O/c1-8-10(5-6-18-8)12(17-16)7-9-3-2-4-11(14)13(9)15/h2-6,12,17H,7,16H2,1H3. The molecule has 0 radical (unpaired) electrons. The molecule has 96 valence electrons. The molecule has 0 aliphatic carbocycles. The minimum Gasteiger partial charge on any atom is -0.469 e. The second kappa shape index (κ2) is 5.52. The molecule has 1 atom stereocenters. The van der Waals surface area contributed by atoms with Crippen molar-refractivity contribution >= 4 is 11.6 Å². The van der Waals surface area contributed by atoms with Crippen LogP contribution in [0.1, 0.15) is 22.9 Å². The molecule has 5 heteroatoms. The van der Waals surface area contributed by atoms with Crippen molar-refractivity contribution in [1.29, 1.82) is 0 Å². The van der Waals surface area contributed by atoms with Crippen LogP contribution in [0.25, 0.3) is 0 Å². The number of rotatable bonds is 4. The van der Waals surface area contributed by atoms with Gasteiger partial charge < -0.3 is 4.42 Å². The van der Waals surface area contributed by atoms with Gasteiger partial charge >= 0.3 is 0 Å². The van der Waals surface area contributed by atoms with Gasteiger partial charge in [0.1, 0.15) is 11.6 Å². The van der Waals surface area contributed by atoms with Gasteiger partial charge in [0.2, 0.25) is 0 Å². The molecule has 0 amide bonds. The van der Waals surface area contributed by atoms with Crippen LogP contribution in [-0.2, 0) is 6.42 Å². The Bertz CT molecular complexity index is 542. The number of nitrogens with one attached hydrogen (secondary N) is 1. The van der Waals surface area contributed by atoms with Crippen molar-refractivity contribution in [1.82, 2.24) is 5.43 Å². The number of hydrogen-bond donors (Lipinski definition) is 2. The van der Waals surface area contributed by atoms with Gasteiger partial charge in [-0.3, -0.25) is 11.3 Å². The van der Waals surface area contributed by atoms with Crippen LogP contribution in [0.2, 0.25) is 5.02 Å². The van der Waals surface area contributed by atoms with Gasteiger partial charge in [-0.15, -0.1) is 0 Å². The molecule has 0 aliphatic rings. The number of halogens is 2. The summed E-state index contributed by atoms with van der Waals surface area (Å²) >= 11 is 5.75. The zero-order chi connectivity index (χ0) is 13.1. The van der Waals surface area contributed by atoms with Crippen molar-refractivity contribution in [3.8, 4) is 0 Å². The van der Waals surface area contributed by atoms with E-state index in [4.69, 9.17) is 21.9 Å². The van der Waals surface area contributed by atoms with E-state index in [1.807, 2.05) is 13.0 Å². The molecule has 1 heterocycles. The fraction of sp³-hybridized carbons (Fsp3) is 0.231. The Hall–Kier alpha value is -1.36. The Kier molecular flexibility index (Phi) is 4.01. The number of hydrazine groups is 1. The Morgan fingerprint density at radius 2 is 2.22 bits per heavy atom. The highest BCUT2D eigenvalue weighted by Crippen LogP contribution is 2.25. The van der Waals surface area contributed by atoms with Gasteiger partial charge in [-0.1, -0.05) is 23.7 Å². The van der Waals surface area contributed by atoms with Crippen LogP contribution in [0.3, 0.4) is 0 Å². The summed E-state index contributed by atoms with van der Waals surface area (Å²) in [7, 11) is 0. The van der Waals surface area contributed by atoms with Crippen LogP contribution in [0, 0.1) is 12.7 Å². The third-order valence-electron chi connectivity index (χ3n) is 2.93. The van der Waals surface area contributed by atoms with Crippen molar-refractivity contribution in [2.75, 3.05) is 0 Å². The van der Waals surface area contributed by atoms with Crippen LogP contribution in [0.4, 0.5) is 4.39 Å². The zero-order valence-corrected chi connectivity index (χ0v) is 10.7. The molecule has 0 saturated carbocycles. The molecule has 0 aliphatic heterocycles. The fourth-order valence-electron chi connectivity index (χ4n) is 1.94. The molecular weight excluding hydrogens is 255 g/mol. The van der Waals surface area contributed by atoms with E-state index in [9.17, 15) is 4.39 Å². The van der Waals surface area contributed by atoms with E-state index in [1.165, 1.54) is 6.07 Å². The number of aryl methyl sites for hydroxylation is 1. The number of nitrogens with two attached hydrogens (primary N) is 1. The summed E-state index contributed by atoms with van der Waals surface area (Å²) in [6.45, 7) is 1.84. The zero-order valence-electron chi connectivity index (χ0n) is 9.91. The van der Waals surface area contributed by atoms with E-state index in [0.29, 0.717) is 12.0 Å². The second-order valence-electron chi connectivity index (χ2n) is 4.07. The monoisotopic (exact) mass is 268 g/mol. The Balaban J connectivity index is 2.26. The molecule has 3 nitrogen and oxygen atoms in total. The van der Waals surface area contributed by atoms with Gasteiger partial charge in [0, 0.05) is 5.56 Å². The molecule has 0 bridgehead atoms. The molecule has 2 aromatic rings. The highest BCUT2D eigenvalue weighted by atomic mass is 35.5. The molecule has 0 spiro atoms. The lowest BCUT2D eigenvalue weighted by Crippen LogP contribution is -2.30. The van der Waals surface area contributed by atoms with Gasteiger partial charge in [0.15, 0.2) is 0 Å². The molecule has 18 heavy (non-hydrogen) atoms. The van der Waals surface area contributed by atoms with Crippen LogP contribution in [-0.4, -0.2) is 0 Å². The summed E-state index contributed by atoms with van der Waals surface area (Å²) in [6, 6.07) is 6.55. The summed E-state index contributed by atoms with van der Waals surface area (Å²) in [6.07, 6.45) is 1.99. The van der Waals surface area contributed by atoms with E-state index in [-0.39, 0.29) is 11.1 Å². The van der Waals surface area contributed by atoms with E-state index in [0.717, 1.165) is 11.3 Å². The smallest absolute Gasteiger partial charge is 0.145 e. The predicted molar refractivity (Wildman–Crippen MR) is 68.6 cm³/mol. The Morgan fingerprint density at radius 1 is 1.44 bits per heavy atom. The van der Waals surface area contributed by atoms with Crippen LogP contribution in [0.15, 0.2) is 34.9 Å². The molecule has 0 fully saturated rings. The van der Waals surface area contributed by atoms with Crippen molar-refractivity contribution in [3.63, 3.8) is 0 Å². The van der Waals surface area contributed by atoms with Crippen LogP contribution >= 0.6 is 11.6 Å². The first-order valence-corrected chi connectivity index (χ1v) is 5.94. The van der Waals surface area contributed by atoms with Crippen LogP contribution in [0.5, 0.6) is 0 Å². The first-order chi connectivity index (χ1) is 8.63. The lowest BCUT2D eigenvalue weighted by molar-refractivity contribution is 0.495. The summed E-state index contributed by atoms with van der Waals surface area (Å²) < 4.78 is 19.0. The van der Waals surface area contributed by atoms with E-state index >= 15 is 0 Å². The number of benzene rings is 1. The SMILES string of the molecule is Cc1occc1C(Cc1cccc(Cl)c1F)NN. The summed E-state index contributed by atoms with van der Waals surface area (Å²) in [5, 5.41) is 0.118. The van der Waals surface area contributed by atoms with Gasteiger partial charge in [0.05, 0.1) is 17.3 Å². The molecule has 1 aromatic carbocycles. The molecule has 2 rings (SSSR count). The topological polar surface area (TPSA) is 51.2 Å². The van der Waals surface area contributed by atoms with Crippen LogP contribution < -0.4 is 11.3 Å². The second-order valence-corrected chi connectivity index (χ2v) is 4.48. The number of furan rings is 1. The lowest BCUT2D eigenvalue weighted by atomic mass is 9.99. The summed E-state index contributed by atoms with van der Waals surface area (Å²) in [5.74, 6) is 5.88. The predicted octanol–water partition coefficient (Wildman–Crippen LogP) is 3.13. The minimum atomic E-state index is -0.402. The Labute approximate surface area is 110 Å². The average Bonchev–Trinajstić information content (AvgIpc) is 2.77. The highest BCUT2D eigenvalue weighted by molar-refractivity contribution is 6.30. The van der Waals surface area contributed by atoms with Crippen molar-refractivity contribution in [2.24, 2.45) is 5.84 Å². The number of hydrogen-bond acceptors (Lipinski definition) is 3. The minimum absolute atomic E-state index is 0.118. The van der Waals surface area contributed by atoms with Gasteiger partial charge in [0.25, 0.3) is 0 Å². The van der Waals surface area contributed by atoms with Crippen molar-refractivity contribution in [3.05, 3.63) is 58.3 Å². The molecule has 1 unspecified atom stereocenters. The quantitative estimate of drug-likeness (QED) is 0.662. The third-order valence-corrected chi connectivity index (χ3v) is 3.22. The van der Waals surface area contributed by atoms with E-state index in [1.54, 1.807) is 18.4 Å². The van der Waals surface area contributed by atoms with E-state index < -0.39 is 5.82 Å². The maximum atomic E-state index is 13.8. The first-order valence-electron chi connectivity index (χ1n) is 5.56. The largest absolute Gasteiger partial charge is 0.469 e. The van der Waals surface area contributed by atoms with E-state index in [2.05, 4.69) is 5.43 Å². The van der Waals surface area contributed by atoms with Crippen molar-refractivity contribution in [2.45, 2.75) is 19.4 Å². The first kappa shape index (κ1) is 13.1. The van der Waals surface area contributed by atoms with Crippen molar-refractivity contribution < 1.29 is 8.81 Å². The average molecular weight is 269 g/mol. The van der Waals surface area contributed by atoms with Gasteiger partial charge in [-0.05, 0) is 31.0 Å². The molecular formula is C13H14ClFN2O.